The lowest BCUT2D eigenvalue weighted by Gasteiger charge is -2.36. The summed E-state index contributed by atoms with van der Waals surface area (Å²) in [6.45, 7) is 2.21. The lowest BCUT2D eigenvalue weighted by molar-refractivity contribution is -0.225. The second-order valence-corrected chi connectivity index (χ2v) is 10.8. The Bertz CT molecular complexity index is 1570. The molecule has 2 aromatic carbocycles. The number of anilines is 1. The largest absolute Gasteiger partial charge is 0.494 e. The van der Waals surface area contributed by atoms with Crippen LogP contribution in [0.2, 0.25) is 0 Å². The van der Waals surface area contributed by atoms with Gasteiger partial charge in [-0.3, -0.25) is 10.1 Å². The maximum Gasteiger partial charge on any atom is 0.252 e. The molecule has 0 bridgehead atoms. The minimum absolute atomic E-state index is 0.268. The van der Waals surface area contributed by atoms with Crippen LogP contribution in [0.5, 0.6) is 23.0 Å². The summed E-state index contributed by atoms with van der Waals surface area (Å²) in [6, 6.07) is 9.28. The van der Waals surface area contributed by atoms with E-state index in [1.165, 1.54) is 25.6 Å². The van der Waals surface area contributed by atoms with E-state index in [-0.39, 0.29) is 12.5 Å². The van der Waals surface area contributed by atoms with Gasteiger partial charge in [-0.05, 0) is 48.9 Å². The van der Waals surface area contributed by atoms with E-state index in [1.807, 2.05) is 49.4 Å². The third-order valence-electron chi connectivity index (χ3n) is 7.24. The number of carbonyl (C=O) groups excluding carboxylic acids is 1. The first-order valence-electron chi connectivity index (χ1n) is 13.9. The molecule has 0 fully saturated rings. The number of oxime groups is 1. The minimum Gasteiger partial charge on any atom is -0.494 e. The van der Waals surface area contributed by atoms with E-state index < -0.39 is 18.0 Å². The molecular formula is C31H35N3O9S. The van der Waals surface area contributed by atoms with Gasteiger partial charge in [0.1, 0.15) is 18.5 Å². The van der Waals surface area contributed by atoms with E-state index in [1.54, 1.807) is 27.4 Å². The van der Waals surface area contributed by atoms with Crippen LogP contribution in [0.3, 0.4) is 0 Å². The fourth-order valence-electron chi connectivity index (χ4n) is 5.00. The Morgan fingerprint density at radius 2 is 1.82 bits per heavy atom. The molecule has 1 aromatic heterocycles. The van der Waals surface area contributed by atoms with Crippen LogP contribution in [0.1, 0.15) is 18.9 Å². The Morgan fingerprint density at radius 1 is 1.07 bits per heavy atom. The summed E-state index contributed by atoms with van der Waals surface area (Å²) in [7, 11) is 7.70. The van der Waals surface area contributed by atoms with Crippen molar-refractivity contribution in [2.45, 2.75) is 31.3 Å². The molecule has 2 unspecified atom stereocenters. The lowest BCUT2D eigenvalue weighted by atomic mass is 9.92. The fraction of sp³-hybridized carbons (Fsp3) is 0.387. The first-order valence-corrected chi connectivity index (χ1v) is 14.7. The quantitative estimate of drug-likeness (QED) is 0.267. The van der Waals surface area contributed by atoms with E-state index in [0.29, 0.717) is 41.1 Å². The van der Waals surface area contributed by atoms with E-state index >= 15 is 0 Å². The molecule has 3 aromatic rings. The summed E-state index contributed by atoms with van der Waals surface area (Å²) in [5.74, 6) is 0.636. The molecule has 13 heteroatoms. The SMILES string of the molecule is CCOc1ccc2sc(NC(=O)COC3C=C(C4CC(c5cc(OC)c(OC)c(OC)c5)=NO4)C=CC3(OC)OC)nc2c1. The maximum atomic E-state index is 12.9. The van der Waals surface area contributed by atoms with Crippen molar-refractivity contribution >= 4 is 38.3 Å². The highest BCUT2D eigenvalue weighted by Crippen LogP contribution is 2.40. The first-order chi connectivity index (χ1) is 21.4. The number of aromatic nitrogens is 1. The number of carbonyl (C=O) groups is 1. The number of methoxy groups -OCH3 is 5. The van der Waals surface area contributed by atoms with Crippen molar-refractivity contribution < 1.29 is 42.8 Å². The number of ether oxygens (including phenoxy) is 7. The van der Waals surface area contributed by atoms with Crippen LogP contribution in [0.15, 0.2) is 59.3 Å². The van der Waals surface area contributed by atoms with Gasteiger partial charge in [0.15, 0.2) is 22.7 Å². The summed E-state index contributed by atoms with van der Waals surface area (Å²) in [5, 5.41) is 7.61. The van der Waals surface area contributed by atoms with Crippen molar-refractivity contribution in [1.82, 2.24) is 4.98 Å². The number of hydrogen-bond acceptors (Lipinski definition) is 12. The second kappa shape index (κ2) is 13.6. The van der Waals surface area contributed by atoms with Gasteiger partial charge in [-0.2, -0.15) is 0 Å². The smallest absolute Gasteiger partial charge is 0.252 e. The normalized spacial score (nSPS) is 18.8. The molecule has 12 nitrogen and oxygen atoms in total. The molecule has 1 aliphatic carbocycles. The fourth-order valence-corrected chi connectivity index (χ4v) is 5.86. The number of nitrogens with one attached hydrogen (secondary N) is 1. The monoisotopic (exact) mass is 625 g/mol. The molecular weight excluding hydrogens is 590 g/mol. The average Bonchev–Trinajstić information content (AvgIpc) is 3.70. The van der Waals surface area contributed by atoms with Crippen LogP contribution >= 0.6 is 11.3 Å². The number of fused-ring (bicyclic) bond motifs is 1. The van der Waals surface area contributed by atoms with Gasteiger partial charge in [-0.15, -0.1) is 0 Å². The third-order valence-corrected chi connectivity index (χ3v) is 8.19. The van der Waals surface area contributed by atoms with Gasteiger partial charge in [0.05, 0.1) is 43.9 Å². The number of hydrogen-bond donors (Lipinski definition) is 1. The van der Waals surface area contributed by atoms with Gasteiger partial charge in [-0.25, -0.2) is 4.98 Å². The molecule has 0 saturated carbocycles. The Kier molecular flexibility index (Phi) is 9.69. The van der Waals surface area contributed by atoms with Crippen molar-refractivity contribution in [3.8, 4) is 23.0 Å². The molecule has 1 N–H and O–H groups in total. The van der Waals surface area contributed by atoms with Gasteiger partial charge in [0, 0.05) is 32.3 Å². The Labute approximate surface area is 259 Å². The highest BCUT2D eigenvalue weighted by atomic mass is 32.1. The predicted molar refractivity (Wildman–Crippen MR) is 165 cm³/mol. The zero-order valence-corrected chi connectivity index (χ0v) is 26.2. The predicted octanol–water partition coefficient (Wildman–Crippen LogP) is 4.72. The third kappa shape index (κ3) is 6.36. The van der Waals surface area contributed by atoms with E-state index in [9.17, 15) is 4.79 Å². The summed E-state index contributed by atoms with van der Waals surface area (Å²) in [6.07, 6.45) is 4.72. The number of benzene rings is 2. The van der Waals surface area contributed by atoms with Crippen LogP contribution < -0.4 is 24.3 Å². The Hall–Kier alpha value is -4.17. The standard InChI is InChI=1S/C31H35N3O9S/c1-7-41-20-8-9-26-22(15-20)32-30(44-26)33-28(35)17-42-27-14-18(10-11-31(27,39-5)40-6)23-16-21(34-43-23)19-12-24(36-2)29(38-4)25(13-19)37-3/h8-15,23,27H,7,16-17H2,1-6H3,(H,32,33,35). The molecule has 234 valence electrons. The van der Waals surface area contributed by atoms with Gasteiger partial charge >= 0.3 is 0 Å². The van der Waals surface area contributed by atoms with Crippen molar-refractivity contribution in [1.29, 1.82) is 0 Å². The van der Waals surface area contributed by atoms with Crippen LogP contribution in [-0.2, 0) is 23.8 Å². The van der Waals surface area contributed by atoms with E-state index in [0.717, 1.165) is 27.1 Å². The van der Waals surface area contributed by atoms with Crippen molar-refractivity contribution in [2.24, 2.45) is 5.16 Å². The Balaban J connectivity index is 1.27. The number of thiazole rings is 1. The summed E-state index contributed by atoms with van der Waals surface area (Å²) in [4.78, 5) is 23.2. The molecule has 44 heavy (non-hydrogen) atoms. The summed E-state index contributed by atoms with van der Waals surface area (Å²) in [5.41, 5.74) is 3.02. The Morgan fingerprint density at radius 3 is 2.48 bits per heavy atom. The molecule has 1 aliphatic heterocycles. The molecule has 0 radical (unpaired) electrons. The first kappa shape index (κ1) is 31.3. The van der Waals surface area contributed by atoms with E-state index in [2.05, 4.69) is 15.5 Å². The highest BCUT2D eigenvalue weighted by molar-refractivity contribution is 7.22. The van der Waals surface area contributed by atoms with Crippen LogP contribution in [0, 0.1) is 0 Å². The summed E-state index contributed by atoms with van der Waals surface area (Å²) < 4.78 is 40.3. The summed E-state index contributed by atoms with van der Waals surface area (Å²) >= 11 is 1.37. The molecule has 2 aliphatic rings. The maximum absolute atomic E-state index is 12.9. The van der Waals surface area contributed by atoms with Crippen molar-refractivity contribution in [3.05, 3.63) is 59.7 Å². The number of nitrogens with zero attached hydrogens (tertiary/aromatic N) is 2. The van der Waals surface area contributed by atoms with Crippen LogP contribution in [-0.4, -0.2) is 83.4 Å². The van der Waals surface area contributed by atoms with Crippen LogP contribution in [0.4, 0.5) is 5.13 Å². The second-order valence-electron chi connectivity index (χ2n) is 9.74. The zero-order chi connectivity index (χ0) is 31.3. The molecule has 2 atom stereocenters. The average molecular weight is 626 g/mol. The highest BCUT2D eigenvalue weighted by Gasteiger charge is 2.41. The van der Waals surface area contributed by atoms with Gasteiger partial charge in [0.2, 0.25) is 11.5 Å². The lowest BCUT2D eigenvalue weighted by Crippen LogP contribution is -2.47. The van der Waals surface area contributed by atoms with Gasteiger partial charge < -0.3 is 38.0 Å². The molecule has 2 heterocycles. The zero-order valence-electron chi connectivity index (χ0n) is 25.4. The minimum atomic E-state index is -1.24. The van der Waals surface area contributed by atoms with Gasteiger partial charge in [0.25, 0.3) is 5.91 Å². The van der Waals surface area contributed by atoms with Gasteiger partial charge in [-0.1, -0.05) is 22.6 Å². The van der Waals surface area contributed by atoms with Crippen molar-refractivity contribution in [3.63, 3.8) is 0 Å². The van der Waals surface area contributed by atoms with E-state index in [4.69, 9.17) is 38.0 Å². The van der Waals surface area contributed by atoms with Crippen molar-refractivity contribution in [2.75, 3.05) is 54.1 Å². The topological polar surface area (TPSA) is 128 Å². The number of amides is 1. The molecule has 0 spiro atoms. The van der Waals surface area contributed by atoms with Crippen LogP contribution in [0.25, 0.3) is 10.2 Å². The molecule has 0 saturated heterocycles. The molecule has 1 amide bonds. The number of rotatable bonds is 13. The molecule has 5 rings (SSSR count).